The van der Waals surface area contributed by atoms with Crippen LogP contribution in [-0.2, 0) is 17.4 Å². The zero-order valence-electron chi connectivity index (χ0n) is 14.3. The topological polar surface area (TPSA) is 93.7 Å². The molecule has 2 unspecified atom stereocenters. The molecule has 2 atom stereocenters. The Kier molecular flexibility index (Phi) is 4.85. The Balaban J connectivity index is 1.70. The molecule has 8 nitrogen and oxygen atoms in total. The highest BCUT2D eigenvalue weighted by atomic mass is 16.6. The smallest absolute Gasteiger partial charge is 0.269 e. The largest absolute Gasteiger partial charge is 0.387 e. The fourth-order valence-electron chi connectivity index (χ4n) is 3.17. The predicted molar refractivity (Wildman–Crippen MR) is 91.0 cm³/mol. The van der Waals surface area contributed by atoms with Crippen molar-refractivity contribution in [2.24, 2.45) is 7.05 Å². The summed E-state index contributed by atoms with van der Waals surface area (Å²) in [6.45, 7) is 4.26. The first-order chi connectivity index (χ1) is 11.9. The lowest BCUT2D eigenvalue weighted by Gasteiger charge is -2.40. The molecule has 0 bridgehead atoms. The molecule has 0 saturated carbocycles. The van der Waals surface area contributed by atoms with Crippen LogP contribution in [0.1, 0.15) is 24.2 Å². The number of nitrogens with zero attached hydrogens (tertiary/aromatic N) is 4. The number of aliphatic hydroxyl groups is 1. The van der Waals surface area contributed by atoms with Crippen molar-refractivity contribution >= 4 is 5.69 Å². The molecule has 3 rings (SSSR count). The molecule has 0 spiro atoms. The quantitative estimate of drug-likeness (QED) is 0.653. The Bertz CT molecular complexity index is 763. The van der Waals surface area contributed by atoms with Gasteiger partial charge in [0, 0.05) is 50.6 Å². The van der Waals surface area contributed by atoms with Gasteiger partial charge in [0.1, 0.15) is 5.60 Å². The minimum atomic E-state index is -0.795. The van der Waals surface area contributed by atoms with Gasteiger partial charge in [0.2, 0.25) is 0 Å². The average molecular weight is 346 g/mol. The fourth-order valence-corrected chi connectivity index (χ4v) is 3.17. The number of hydrogen-bond donors (Lipinski definition) is 1. The second-order valence-corrected chi connectivity index (χ2v) is 6.59. The van der Waals surface area contributed by atoms with Crippen molar-refractivity contribution in [3.63, 3.8) is 0 Å². The van der Waals surface area contributed by atoms with Crippen molar-refractivity contribution < 1.29 is 14.8 Å². The first-order valence-electron chi connectivity index (χ1n) is 8.15. The highest BCUT2D eigenvalue weighted by Crippen LogP contribution is 2.30. The highest BCUT2D eigenvalue weighted by Gasteiger charge is 2.35. The molecule has 2 aromatic rings. The molecule has 8 heteroatoms. The van der Waals surface area contributed by atoms with Crippen molar-refractivity contribution in [3.8, 4) is 0 Å². The molecule has 0 radical (unpaired) electrons. The van der Waals surface area contributed by atoms with Crippen LogP contribution in [-0.4, -0.2) is 51.0 Å². The molecule has 134 valence electrons. The summed E-state index contributed by atoms with van der Waals surface area (Å²) in [4.78, 5) is 12.6. The highest BCUT2D eigenvalue weighted by molar-refractivity contribution is 5.35. The summed E-state index contributed by atoms with van der Waals surface area (Å²) in [6.07, 6.45) is 2.93. The number of ether oxygens (including phenoxy) is 1. The Hall–Kier alpha value is -2.29. The Morgan fingerprint density at radius 1 is 1.52 bits per heavy atom. The molecule has 25 heavy (non-hydrogen) atoms. The lowest BCUT2D eigenvalue weighted by Crippen LogP contribution is -2.49. The molecule has 2 heterocycles. The molecule has 1 aliphatic rings. The van der Waals surface area contributed by atoms with Gasteiger partial charge in [0.05, 0.1) is 23.8 Å². The van der Waals surface area contributed by atoms with E-state index in [2.05, 4.69) is 10.00 Å². The molecule has 1 fully saturated rings. The molecule has 1 aromatic heterocycles. The van der Waals surface area contributed by atoms with Gasteiger partial charge in [0.25, 0.3) is 5.69 Å². The van der Waals surface area contributed by atoms with E-state index in [9.17, 15) is 15.2 Å². The second kappa shape index (κ2) is 6.91. The van der Waals surface area contributed by atoms with Crippen molar-refractivity contribution in [2.45, 2.75) is 18.6 Å². The first kappa shape index (κ1) is 17.5. The molecule has 0 amide bonds. The minimum absolute atomic E-state index is 0.0151. The Labute approximate surface area is 145 Å². The van der Waals surface area contributed by atoms with Crippen LogP contribution >= 0.6 is 0 Å². The van der Waals surface area contributed by atoms with Crippen LogP contribution in [0.4, 0.5) is 5.69 Å². The van der Waals surface area contributed by atoms with Crippen molar-refractivity contribution in [2.75, 3.05) is 26.2 Å². The van der Waals surface area contributed by atoms with E-state index in [1.807, 2.05) is 20.2 Å². The van der Waals surface area contributed by atoms with E-state index >= 15 is 0 Å². The van der Waals surface area contributed by atoms with Gasteiger partial charge in [-0.15, -0.1) is 0 Å². The van der Waals surface area contributed by atoms with E-state index in [4.69, 9.17) is 4.74 Å². The molecule has 1 N–H and O–H groups in total. The standard InChI is InChI=1S/C17H22N4O4/c1-17(14-9-18-19(2)10-14)12-20(6-7-25-17)11-16(22)13-4-3-5-15(8-13)21(23)24/h3-5,8-10,16,22H,6-7,11-12H2,1-2H3. The average Bonchev–Trinajstić information content (AvgIpc) is 3.02. The summed E-state index contributed by atoms with van der Waals surface area (Å²) in [5.74, 6) is 0. The van der Waals surface area contributed by atoms with Gasteiger partial charge in [-0.2, -0.15) is 5.10 Å². The van der Waals surface area contributed by atoms with Gasteiger partial charge in [-0.3, -0.25) is 19.7 Å². The predicted octanol–water partition coefficient (Wildman–Crippen LogP) is 1.61. The van der Waals surface area contributed by atoms with Crippen molar-refractivity contribution in [1.82, 2.24) is 14.7 Å². The summed E-state index contributed by atoms with van der Waals surface area (Å²) < 4.78 is 7.70. The first-order valence-corrected chi connectivity index (χ1v) is 8.15. The Morgan fingerprint density at radius 2 is 2.32 bits per heavy atom. The maximum atomic E-state index is 10.9. The number of β-amino-alcohol motifs (C(OH)–C–C–N with tert-alkyl or cyclic N) is 1. The van der Waals surface area contributed by atoms with E-state index in [1.54, 1.807) is 23.0 Å². The number of nitro benzene ring substituents is 1. The van der Waals surface area contributed by atoms with E-state index in [0.29, 0.717) is 31.8 Å². The van der Waals surface area contributed by atoms with Crippen LogP contribution in [0, 0.1) is 10.1 Å². The summed E-state index contributed by atoms with van der Waals surface area (Å²) in [5, 5.41) is 25.6. The summed E-state index contributed by atoms with van der Waals surface area (Å²) >= 11 is 0. The maximum Gasteiger partial charge on any atom is 0.269 e. The van der Waals surface area contributed by atoms with Crippen molar-refractivity contribution in [3.05, 3.63) is 57.9 Å². The molecular weight excluding hydrogens is 324 g/mol. The Morgan fingerprint density at radius 3 is 3.00 bits per heavy atom. The zero-order chi connectivity index (χ0) is 18.0. The molecular formula is C17H22N4O4. The molecule has 1 saturated heterocycles. The third-order valence-electron chi connectivity index (χ3n) is 4.57. The van der Waals surface area contributed by atoms with Crippen LogP contribution in [0.5, 0.6) is 0 Å². The summed E-state index contributed by atoms with van der Waals surface area (Å²) in [6, 6.07) is 6.14. The van der Waals surface area contributed by atoms with Crippen molar-refractivity contribution in [1.29, 1.82) is 0 Å². The number of benzene rings is 1. The number of aromatic nitrogens is 2. The van der Waals surface area contributed by atoms with Gasteiger partial charge in [-0.25, -0.2) is 0 Å². The van der Waals surface area contributed by atoms with Gasteiger partial charge in [0.15, 0.2) is 0 Å². The van der Waals surface area contributed by atoms with Crippen LogP contribution < -0.4 is 0 Å². The van der Waals surface area contributed by atoms with E-state index in [-0.39, 0.29) is 5.69 Å². The minimum Gasteiger partial charge on any atom is -0.387 e. The van der Waals surface area contributed by atoms with Crippen LogP contribution in [0.15, 0.2) is 36.7 Å². The van der Waals surface area contributed by atoms with E-state index in [1.165, 1.54) is 12.1 Å². The second-order valence-electron chi connectivity index (χ2n) is 6.59. The number of morpholine rings is 1. The van der Waals surface area contributed by atoms with Crippen LogP contribution in [0.3, 0.4) is 0 Å². The normalized spacial score (nSPS) is 22.7. The third kappa shape index (κ3) is 3.87. The third-order valence-corrected chi connectivity index (χ3v) is 4.57. The fraction of sp³-hybridized carbons (Fsp3) is 0.471. The number of rotatable bonds is 5. The number of aryl methyl sites for hydroxylation is 1. The van der Waals surface area contributed by atoms with Crippen LogP contribution in [0.2, 0.25) is 0 Å². The SMILES string of the molecule is Cn1cc(C2(C)CN(CC(O)c3cccc([N+](=O)[O-])c3)CCO2)cn1. The van der Waals surface area contributed by atoms with E-state index < -0.39 is 16.6 Å². The summed E-state index contributed by atoms with van der Waals surface area (Å²) in [5.41, 5.74) is 1.03. The van der Waals surface area contributed by atoms with Gasteiger partial charge in [-0.05, 0) is 12.5 Å². The van der Waals surface area contributed by atoms with Crippen LogP contribution in [0.25, 0.3) is 0 Å². The number of aliphatic hydroxyl groups excluding tert-OH is 1. The van der Waals surface area contributed by atoms with Gasteiger partial charge >= 0.3 is 0 Å². The number of nitro groups is 1. The molecule has 1 aromatic carbocycles. The summed E-state index contributed by atoms with van der Waals surface area (Å²) in [7, 11) is 1.86. The lowest BCUT2D eigenvalue weighted by molar-refractivity contribution is -0.385. The lowest BCUT2D eigenvalue weighted by atomic mass is 9.96. The van der Waals surface area contributed by atoms with E-state index in [0.717, 1.165) is 5.56 Å². The molecule has 1 aliphatic heterocycles. The zero-order valence-corrected chi connectivity index (χ0v) is 14.3. The maximum absolute atomic E-state index is 10.9. The van der Waals surface area contributed by atoms with Gasteiger partial charge in [-0.1, -0.05) is 12.1 Å². The number of non-ortho nitro benzene ring substituents is 1. The molecule has 0 aliphatic carbocycles. The number of hydrogen-bond acceptors (Lipinski definition) is 6. The van der Waals surface area contributed by atoms with Gasteiger partial charge < -0.3 is 9.84 Å². The monoisotopic (exact) mass is 346 g/mol.